The molecule has 0 N–H and O–H groups in total. The van der Waals surface area contributed by atoms with E-state index in [-0.39, 0.29) is 13.4 Å². The number of para-hydroxylation sites is 2. The van der Waals surface area contributed by atoms with Gasteiger partial charge in [-0.2, -0.15) is 0 Å². The fourth-order valence-electron chi connectivity index (χ4n) is 26.7. The molecule has 0 saturated carbocycles. The first-order chi connectivity index (χ1) is 73.0. The van der Waals surface area contributed by atoms with Crippen molar-refractivity contribution in [3.05, 3.63) is 502 Å². The normalized spacial score (nSPS) is 12.6. The van der Waals surface area contributed by atoms with Crippen LogP contribution in [0.5, 0.6) is 0 Å². The van der Waals surface area contributed by atoms with Gasteiger partial charge in [0.15, 0.2) is 0 Å². The van der Waals surface area contributed by atoms with Gasteiger partial charge in [-0.1, -0.05) is 273 Å². The second-order valence-corrected chi connectivity index (χ2v) is 42.7. The van der Waals surface area contributed by atoms with Gasteiger partial charge in [-0.3, -0.25) is 0 Å². The largest absolute Gasteiger partial charge is 0.311 e. The molecule has 0 fully saturated rings. The van der Waals surface area contributed by atoms with Crippen molar-refractivity contribution in [2.45, 2.75) is 111 Å². The van der Waals surface area contributed by atoms with Gasteiger partial charge in [0.1, 0.15) is 0 Å². The molecule has 0 unspecified atom stereocenters. The molecule has 720 valence electrons. The minimum atomic E-state index is -0.362. The number of aryl methyl sites for hydroxylation is 16. The fraction of sp³-hybridized carbons (Fsp3) is 0.113. The molecule has 8 heteroatoms. The summed E-state index contributed by atoms with van der Waals surface area (Å²) < 4.78 is 2.61. The van der Waals surface area contributed by atoms with Crippen molar-refractivity contribution in [2.24, 2.45) is 0 Å². The van der Waals surface area contributed by atoms with Gasteiger partial charge in [0.25, 0.3) is 13.4 Å². The van der Waals surface area contributed by atoms with Crippen LogP contribution in [0, 0.1) is 111 Å². The maximum atomic E-state index is 2.73. The molecule has 0 atom stereocenters. The molecule has 21 aromatic carbocycles. The number of nitrogens with zero attached hydrogens (tertiary/aromatic N) is 6. The van der Waals surface area contributed by atoms with Crippen LogP contribution >= 0.6 is 0 Å². The first-order valence-corrected chi connectivity index (χ1v) is 53.0. The first kappa shape index (κ1) is 92.4. The molecular formula is C142H116B2N6. The van der Waals surface area contributed by atoms with Crippen molar-refractivity contribution in [3.8, 4) is 94.7 Å². The predicted octanol–water partition coefficient (Wildman–Crippen LogP) is 34.7. The number of fused-ring (bicyclic) bond motifs is 11. The van der Waals surface area contributed by atoms with Gasteiger partial charge in [0, 0.05) is 90.4 Å². The summed E-state index contributed by atoms with van der Waals surface area (Å²) in [7, 11) is 0. The lowest BCUT2D eigenvalue weighted by molar-refractivity contribution is 1.16. The van der Waals surface area contributed by atoms with Gasteiger partial charge in [0.05, 0.1) is 22.4 Å². The van der Waals surface area contributed by atoms with Gasteiger partial charge >= 0.3 is 0 Å². The van der Waals surface area contributed by atoms with Crippen LogP contribution in [0.25, 0.3) is 117 Å². The minimum absolute atomic E-state index is 0.356. The molecule has 5 heterocycles. The Morgan fingerprint density at radius 3 is 0.720 bits per heavy atom. The zero-order valence-corrected chi connectivity index (χ0v) is 88.1. The van der Waals surface area contributed by atoms with Crippen LogP contribution in [-0.4, -0.2) is 18.0 Å². The Kier molecular flexibility index (Phi) is 22.4. The number of rotatable bonds is 16. The van der Waals surface area contributed by atoms with E-state index < -0.39 is 0 Å². The summed E-state index contributed by atoms with van der Waals surface area (Å²) in [6, 6.07) is 160. The van der Waals surface area contributed by atoms with Crippen molar-refractivity contribution < 1.29 is 0 Å². The Hall–Kier alpha value is -17.5. The molecule has 0 radical (unpaired) electrons. The van der Waals surface area contributed by atoms with Crippen LogP contribution in [0.3, 0.4) is 0 Å². The van der Waals surface area contributed by atoms with Gasteiger partial charge in [-0.25, -0.2) is 0 Å². The third-order valence-corrected chi connectivity index (χ3v) is 33.2. The van der Waals surface area contributed by atoms with Crippen LogP contribution in [0.15, 0.2) is 413 Å². The standard InChI is InChI=1S/C142H116B2N6/c1-85-33-23-34-86(2)133(85)101-57-65-111(66-58-101)145(112-67-59-102(60-68-112)134-87(3)35-24-36-88(134)4)115-79-129-141-131(80-115)148(113-55-31-49-103(73-113)135-89(5)37-25-38-90(135)6)125-77-107(139-97(13)45-29-46-98(139)14)61-69-119(125)143(141)121-83-122-128(84-127(121)146(129)109-51-19-17-20-52-109)147(110-53-21-18-22-54-110)130-81-116(150-123-71-63-105(137-93(9)41-27-42-94(137)10)75-117(123)118-76-106(64-72-124(118)150)138-95(11)43-28-44-96(138)12)82-132-142(130)144(122)120-70-62-108(140-99(15)47-30-48-100(140)16)78-126(120)149(132)114-56-32-50-104(74-114)136-91(7)39-26-40-92(136)8/h17-84H,1-16H3. The zero-order valence-electron chi connectivity index (χ0n) is 88.1. The first-order valence-electron chi connectivity index (χ1n) is 53.0. The lowest BCUT2D eigenvalue weighted by atomic mass is 9.30. The monoisotopic (exact) mass is 1930 g/mol. The van der Waals surface area contributed by atoms with Crippen molar-refractivity contribution in [1.29, 1.82) is 0 Å². The van der Waals surface area contributed by atoms with Gasteiger partial charge in [-0.05, 0) is 461 Å². The van der Waals surface area contributed by atoms with E-state index in [4.69, 9.17) is 0 Å². The molecule has 0 spiro atoms. The van der Waals surface area contributed by atoms with Gasteiger partial charge in [-0.15, -0.1) is 0 Å². The van der Waals surface area contributed by atoms with Crippen LogP contribution in [0.1, 0.15) is 89.0 Å². The van der Waals surface area contributed by atoms with E-state index in [9.17, 15) is 0 Å². The molecule has 0 aliphatic carbocycles. The summed E-state index contributed by atoms with van der Waals surface area (Å²) in [5, 5.41) is 2.38. The summed E-state index contributed by atoms with van der Waals surface area (Å²) in [5.74, 6) is 0. The topological polar surface area (TPSA) is 21.1 Å². The Morgan fingerprint density at radius 2 is 0.407 bits per heavy atom. The molecule has 4 aliphatic heterocycles. The summed E-state index contributed by atoms with van der Waals surface area (Å²) in [6.07, 6.45) is 0. The Morgan fingerprint density at radius 1 is 0.160 bits per heavy atom. The van der Waals surface area contributed by atoms with Crippen molar-refractivity contribution in [2.75, 3.05) is 24.5 Å². The maximum absolute atomic E-state index is 2.73. The summed E-state index contributed by atoms with van der Waals surface area (Å²) in [6.45, 7) is 35.5. The van der Waals surface area contributed by atoms with Crippen molar-refractivity contribution in [1.82, 2.24) is 4.57 Å². The molecule has 6 nitrogen and oxygen atoms in total. The molecule has 0 bridgehead atoms. The molecule has 0 amide bonds. The van der Waals surface area contributed by atoms with Crippen LogP contribution in [0.4, 0.5) is 85.3 Å². The van der Waals surface area contributed by atoms with E-state index in [0.29, 0.717) is 0 Å². The third-order valence-electron chi connectivity index (χ3n) is 33.2. The van der Waals surface area contributed by atoms with E-state index in [1.165, 1.54) is 210 Å². The molecule has 150 heavy (non-hydrogen) atoms. The molecule has 0 saturated heterocycles. The number of anilines is 15. The smallest absolute Gasteiger partial charge is 0.252 e. The quantitative estimate of drug-likeness (QED) is 0.0896. The van der Waals surface area contributed by atoms with Crippen LogP contribution in [-0.2, 0) is 0 Å². The molecule has 1 aromatic heterocycles. The molecule has 26 rings (SSSR count). The van der Waals surface area contributed by atoms with Crippen LogP contribution < -0.4 is 57.3 Å². The van der Waals surface area contributed by atoms with E-state index >= 15 is 0 Å². The number of benzene rings is 21. The second kappa shape index (κ2) is 36.3. The third kappa shape index (κ3) is 15.0. The highest BCUT2D eigenvalue weighted by molar-refractivity contribution is 7.03. The maximum Gasteiger partial charge on any atom is 0.252 e. The summed E-state index contributed by atoms with van der Waals surface area (Å²) in [5.41, 5.74) is 65.9. The second-order valence-electron chi connectivity index (χ2n) is 42.7. The van der Waals surface area contributed by atoms with Crippen molar-refractivity contribution in [3.63, 3.8) is 0 Å². The number of hydrogen-bond acceptors (Lipinski definition) is 5. The summed E-state index contributed by atoms with van der Waals surface area (Å²) >= 11 is 0. The highest BCUT2D eigenvalue weighted by Crippen LogP contribution is 2.56. The van der Waals surface area contributed by atoms with Crippen LogP contribution in [0.2, 0.25) is 0 Å². The van der Waals surface area contributed by atoms with E-state index in [1.807, 2.05) is 0 Å². The number of aromatic nitrogens is 1. The zero-order chi connectivity index (χ0) is 102. The Labute approximate surface area is 883 Å². The average molecular weight is 1930 g/mol. The van der Waals surface area contributed by atoms with E-state index in [1.54, 1.807) is 0 Å². The Bertz CT molecular complexity index is 9000. The average Bonchev–Trinajstić information content (AvgIpc) is 0.822. The molecular weight excluding hydrogens is 1810 g/mol. The predicted molar refractivity (Wildman–Crippen MR) is 643 cm³/mol. The minimum Gasteiger partial charge on any atom is -0.311 e. The summed E-state index contributed by atoms with van der Waals surface area (Å²) in [4.78, 5) is 13.2. The lowest BCUT2D eigenvalue weighted by Gasteiger charge is -2.48. The number of hydrogen-bond donors (Lipinski definition) is 0. The van der Waals surface area contributed by atoms with Crippen molar-refractivity contribution >= 4 is 153 Å². The SMILES string of the molecule is Cc1cccc(C)c1-c1ccc(N(c2ccc(-c3c(C)cccc3C)cc2)c2cc3c4c(c2)N(c2ccccc2)c2cc5c(cc2B4c2ccc(-c4c(C)cccc4C)cc2N3c2cccc(-c3c(C)cccc3C)c2)B2c3ccc(-c4c(C)cccc4C)cc3N(c3cccc(-c4c(C)cccc4C)c3)c3cc(-n4c6ccc(-c7c(C)cccc7C)cc6c6cc(-c7c(C)cccc7C)ccc64)cc(c32)N5c2ccccc2)cc1. The fourth-order valence-corrected chi connectivity index (χ4v) is 26.7. The van der Waals surface area contributed by atoms with Gasteiger partial charge < -0.3 is 29.1 Å². The lowest BCUT2D eigenvalue weighted by Crippen LogP contribution is -2.65. The van der Waals surface area contributed by atoms with E-state index in [2.05, 4.69) is 552 Å². The molecule has 4 aliphatic rings. The molecule has 22 aromatic rings. The van der Waals surface area contributed by atoms with E-state index in [0.717, 1.165) is 113 Å². The highest BCUT2D eigenvalue weighted by atomic mass is 15.2. The van der Waals surface area contributed by atoms with Gasteiger partial charge in [0.2, 0.25) is 0 Å². The highest BCUT2D eigenvalue weighted by Gasteiger charge is 2.50. The Balaban J connectivity index is 0.800.